The van der Waals surface area contributed by atoms with E-state index in [2.05, 4.69) is 31.0 Å². The number of nitrogens with one attached hydrogen (secondary N) is 1. The molecule has 0 spiro atoms. The molecule has 116 valence electrons. The predicted molar refractivity (Wildman–Crippen MR) is 82.2 cm³/mol. The highest BCUT2D eigenvalue weighted by Crippen LogP contribution is 2.10. The number of hydrogen-bond acceptors (Lipinski definition) is 3. The van der Waals surface area contributed by atoms with Crippen LogP contribution in [0.5, 0.6) is 0 Å². The summed E-state index contributed by atoms with van der Waals surface area (Å²) in [5.41, 5.74) is 1.60. The maximum absolute atomic E-state index is 11.9. The molecule has 0 unspecified atom stereocenters. The van der Waals surface area contributed by atoms with Crippen LogP contribution in [0.3, 0.4) is 0 Å². The first-order chi connectivity index (χ1) is 9.85. The van der Waals surface area contributed by atoms with E-state index in [4.69, 9.17) is 5.11 Å². The van der Waals surface area contributed by atoms with Crippen molar-refractivity contribution in [3.63, 3.8) is 0 Å². The second-order valence-corrected chi connectivity index (χ2v) is 5.39. The molecule has 0 aromatic heterocycles. The SMILES string of the molecule is CCN(Cc1ccc(C(=O)N[C@@H](C)C(=O)O)cc1)C(C)C. The van der Waals surface area contributed by atoms with Crippen molar-refractivity contribution in [2.24, 2.45) is 0 Å². The smallest absolute Gasteiger partial charge is 0.325 e. The van der Waals surface area contributed by atoms with Crippen molar-refractivity contribution in [2.75, 3.05) is 6.54 Å². The molecule has 21 heavy (non-hydrogen) atoms. The van der Waals surface area contributed by atoms with Crippen LogP contribution in [0, 0.1) is 0 Å². The molecule has 0 aliphatic heterocycles. The molecule has 0 saturated heterocycles. The lowest BCUT2D eigenvalue weighted by molar-refractivity contribution is -0.138. The zero-order valence-corrected chi connectivity index (χ0v) is 13.1. The van der Waals surface area contributed by atoms with E-state index >= 15 is 0 Å². The van der Waals surface area contributed by atoms with Crippen molar-refractivity contribution in [2.45, 2.75) is 46.3 Å². The third kappa shape index (κ3) is 5.19. The molecular weight excluding hydrogens is 268 g/mol. The number of aliphatic carboxylic acids is 1. The van der Waals surface area contributed by atoms with E-state index in [0.717, 1.165) is 18.7 Å². The van der Waals surface area contributed by atoms with E-state index in [-0.39, 0.29) is 5.91 Å². The van der Waals surface area contributed by atoms with Gasteiger partial charge in [-0.15, -0.1) is 0 Å². The number of carboxylic acid groups (broad SMARTS) is 1. The summed E-state index contributed by atoms with van der Waals surface area (Å²) in [6.07, 6.45) is 0. The van der Waals surface area contributed by atoms with E-state index in [1.807, 2.05) is 12.1 Å². The largest absolute Gasteiger partial charge is 0.480 e. The Morgan fingerprint density at radius 3 is 2.19 bits per heavy atom. The van der Waals surface area contributed by atoms with E-state index < -0.39 is 12.0 Å². The van der Waals surface area contributed by atoms with Gasteiger partial charge in [-0.25, -0.2) is 0 Å². The molecule has 1 atom stereocenters. The molecule has 5 nitrogen and oxygen atoms in total. The third-order valence-electron chi connectivity index (χ3n) is 3.46. The molecule has 0 saturated carbocycles. The average Bonchev–Trinajstić information content (AvgIpc) is 2.44. The van der Waals surface area contributed by atoms with Gasteiger partial charge in [0.25, 0.3) is 5.91 Å². The van der Waals surface area contributed by atoms with Crippen LogP contribution in [-0.2, 0) is 11.3 Å². The van der Waals surface area contributed by atoms with Gasteiger partial charge in [-0.2, -0.15) is 0 Å². The van der Waals surface area contributed by atoms with Crippen molar-refractivity contribution in [3.05, 3.63) is 35.4 Å². The van der Waals surface area contributed by atoms with Crippen molar-refractivity contribution in [3.8, 4) is 0 Å². The van der Waals surface area contributed by atoms with Gasteiger partial charge in [0.2, 0.25) is 0 Å². The minimum Gasteiger partial charge on any atom is -0.480 e. The Balaban J connectivity index is 2.69. The summed E-state index contributed by atoms with van der Waals surface area (Å²) in [4.78, 5) is 24.9. The normalized spacial score (nSPS) is 12.5. The fourth-order valence-corrected chi connectivity index (χ4v) is 2.00. The number of hydrogen-bond donors (Lipinski definition) is 2. The van der Waals surface area contributed by atoms with Gasteiger partial charge in [0.1, 0.15) is 6.04 Å². The summed E-state index contributed by atoms with van der Waals surface area (Å²) >= 11 is 0. The third-order valence-corrected chi connectivity index (χ3v) is 3.46. The van der Waals surface area contributed by atoms with Gasteiger partial charge in [-0.05, 0) is 45.0 Å². The Hall–Kier alpha value is -1.88. The molecular formula is C16H24N2O3. The van der Waals surface area contributed by atoms with Crippen LogP contribution in [0.15, 0.2) is 24.3 Å². The predicted octanol–water partition coefficient (Wildman–Crippen LogP) is 2.12. The number of carbonyl (C=O) groups is 2. The van der Waals surface area contributed by atoms with Crippen molar-refractivity contribution in [1.29, 1.82) is 0 Å². The number of carbonyl (C=O) groups excluding carboxylic acids is 1. The quantitative estimate of drug-likeness (QED) is 0.807. The number of nitrogens with zero attached hydrogens (tertiary/aromatic N) is 1. The highest BCUT2D eigenvalue weighted by Gasteiger charge is 2.15. The first-order valence-corrected chi connectivity index (χ1v) is 7.21. The molecule has 0 aliphatic carbocycles. The Bertz CT molecular complexity index is 483. The fraction of sp³-hybridized carbons (Fsp3) is 0.500. The van der Waals surface area contributed by atoms with E-state index in [1.54, 1.807) is 12.1 Å². The molecule has 2 N–H and O–H groups in total. The number of benzene rings is 1. The highest BCUT2D eigenvalue weighted by atomic mass is 16.4. The van der Waals surface area contributed by atoms with Crippen LogP contribution in [0.25, 0.3) is 0 Å². The van der Waals surface area contributed by atoms with E-state index in [0.29, 0.717) is 11.6 Å². The Morgan fingerprint density at radius 1 is 1.19 bits per heavy atom. The first kappa shape index (κ1) is 17.2. The minimum absolute atomic E-state index is 0.368. The zero-order valence-electron chi connectivity index (χ0n) is 13.1. The van der Waals surface area contributed by atoms with Gasteiger partial charge < -0.3 is 10.4 Å². The van der Waals surface area contributed by atoms with Crippen molar-refractivity contribution >= 4 is 11.9 Å². The Labute approximate surface area is 126 Å². The molecule has 0 heterocycles. The molecule has 0 bridgehead atoms. The number of amides is 1. The summed E-state index contributed by atoms with van der Waals surface area (Å²) in [6.45, 7) is 9.67. The average molecular weight is 292 g/mol. The molecule has 5 heteroatoms. The van der Waals surface area contributed by atoms with Crippen LogP contribution in [-0.4, -0.2) is 40.5 Å². The Kier molecular flexibility index (Phi) is 6.37. The molecule has 1 aromatic rings. The summed E-state index contributed by atoms with van der Waals surface area (Å²) in [5, 5.41) is 11.2. The lowest BCUT2D eigenvalue weighted by atomic mass is 10.1. The first-order valence-electron chi connectivity index (χ1n) is 7.21. The van der Waals surface area contributed by atoms with Gasteiger partial charge >= 0.3 is 5.97 Å². The zero-order chi connectivity index (χ0) is 16.0. The molecule has 1 amide bonds. The van der Waals surface area contributed by atoms with Crippen LogP contribution >= 0.6 is 0 Å². The van der Waals surface area contributed by atoms with Crippen LogP contribution in [0.2, 0.25) is 0 Å². The van der Waals surface area contributed by atoms with E-state index in [1.165, 1.54) is 6.92 Å². The maximum Gasteiger partial charge on any atom is 0.325 e. The van der Waals surface area contributed by atoms with Crippen LogP contribution in [0.1, 0.15) is 43.6 Å². The van der Waals surface area contributed by atoms with Crippen molar-refractivity contribution in [1.82, 2.24) is 10.2 Å². The molecule has 1 rings (SSSR count). The Morgan fingerprint density at radius 2 is 1.76 bits per heavy atom. The molecule has 1 aromatic carbocycles. The summed E-state index contributed by atoms with van der Waals surface area (Å²) in [7, 11) is 0. The topological polar surface area (TPSA) is 69.6 Å². The number of carboxylic acids is 1. The second kappa shape index (κ2) is 7.78. The second-order valence-electron chi connectivity index (χ2n) is 5.39. The monoisotopic (exact) mass is 292 g/mol. The van der Waals surface area contributed by atoms with Gasteiger partial charge in [-0.1, -0.05) is 19.1 Å². The van der Waals surface area contributed by atoms with Crippen molar-refractivity contribution < 1.29 is 14.7 Å². The van der Waals surface area contributed by atoms with Gasteiger partial charge in [-0.3, -0.25) is 14.5 Å². The molecule has 0 aliphatic rings. The van der Waals surface area contributed by atoms with E-state index in [9.17, 15) is 9.59 Å². The summed E-state index contributed by atoms with van der Waals surface area (Å²) < 4.78 is 0. The number of rotatable bonds is 7. The van der Waals surface area contributed by atoms with Gasteiger partial charge in [0, 0.05) is 18.2 Å². The summed E-state index contributed by atoms with van der Waals surface area (Å²) in [5.74, 6) is -1.41. The van der Waals surface area contributed by atoms with Crippen LogP contribution < -0.4 is 5.32 Å². The van der Waals surface area contributed by atoms with Gasteiger partial charge in [0.05, 0.1) is 0 Å². The van der Waals surface area contributed by atoms with Crippen LogP contribution in [0.4, 0.5) is 0 Å². The standard InChI is InChI=1S/C16H24N2O3/c1-5-18(11(2)3)10-13-6-8-14(9-7-13)15(19)17-12(4)16(20)21/h6-9,11-12H,5,10H2,1-4H3,(H,17,19)(H,20,21)/t12-/m0/s1. The highest BCUT2D eigenvalue weighted by molar-refractivity contribution is 5.96. The molecule has 0 radical (unpaired) electrons. The molecule has 0 fully saturated rings. The summed E-state index contributed by atoms with van der Waals surface area (Å²) in [6, 6.07) is 6.85. The van der Waals surface area contributed by atoms with Gasteiger partial charge in [0.15, 0.2) is 0 Å². The minimum atomic E-state index is -1.05. The maximum atomic E-state index is 11.9. The lowest BCUT2D eigenvalue weighted by Crippen LogP contribution is -2.38. The lowest BCUT2D eigenvalue weighted by Gasteiger charge is -2.24. The fourth-order valence-electron chi connectivity index (χ4n) is 2.00.